The summed E-state index contributed by atoms with van der Waals surface area (Å²) in [6.07, 6.45) is 4.21. The Kier molecular flexibility index (Phi) is 12.9. The van der Waals surface area contributed by atoms with Gasteiger partial charge in [0, 0.05) is 19.3 Å². The number of hydrogen-bond acceptors (Lipinski definition) is 2. The summed E-state index contributed by atoms with van der Waals surface area (Å²) in [6, 6.07) is 0. The largest absolute Gasteiger partial charge is 0.300 e. The Morgan fingerprint density at radius 2 is 1.23 bits per heavy atom. The molecule has 0 atom stereocenters. The second-order valence-electron chi connectivity index (χ2n) is 3.09. The maximum Gasteiger partial charge on any atom is 0.132 e. The molecule has 0 bridgehead atoms. The Morgan fingerprint density at radius 1 is 0.923 bits per heavy atom. The van der Waals surface area contributed by atoms with Crippen LogP contribution in [0.5, 0.6) is 0 Å². The van der Waals surface area contributed by atoms with Crippen molar-refractivity contribution in [2.24, 2.45) is 0 Å². The topological polar surface area (TPSA) is 34.1 Å². The van der Waals surface area contributed by atoms with Gasteiger partial charge in [-0.2, -0.15) is 0 Å². The van der Waals surface area contributed by atoms with Gasteiger partial charge in [-0.1, -0.05) is 20.8 Å². The SMILES string of the molecule is CCC(C)=O.CCCC(=O)CCC. The zero-order valence-electron chi connectivity index (χ0n) is 9.35. The van der Waals surface area contributed by atoms with Crippen molar-refractivity contribution in [3.63, 3.8) is 0 Å². The third kappa shape index (κ3) is 18.4. The van der Waals surface area contributed by atoms with E-state index in [9.17, 15) is 9.59 Å². The smallest absolute Gasteiger partial charge is 0.132 e. The van der Waals surface area contributed by atoms with Gasteiger partial charge < -0.3 is 4.79 Å². The van der Waals surface area contributed by atoms with Crippen molar-refractivity contribution in [2.45, 2.75) is 59.8 Å². The van der Waals surface area contributed by atoms with Crippen molar-refractivity contribution >= 4 is 11.6 Å². The molecule has 13 heavy (non-hydrogen) atoms. The van der Waals surface area contributed by atoms with Gasteiger partial charge in [-0.25, -0.2) is 0 Å². The number of ketones is 2. The molecule has 0 rings (SSSR count). The first-order chi connectivity index (χ1) is 6.08. The lowest BCUT2D eigenvalue weighted by molar-refractivity contribution is -0.119. The first kappa shape index (κ1) is 14.8. The van der Waals surface area contributed by atoms with Crippen molar-refractivity contribution in [3.8, 4) is 0 Å². The van der Waals surface area contributed by atoms with Crippen molar-refractivity contribution < 1.29 is 9.59 Å². The molecular formula is C11H22O2. The summed E-state index contributed by atoms with van der Waals surface area (Å²) in [5, 5.41) is 0. The Balaban J connectivity index is 0. The summed E-state index contributed by atoms with van der Waals surface area (Å²) in [5.41, 5.74) is 0. The molecule has 0 N–H and O–H groups in total. The highest BCUT2D eigenvalue weighted by Crippen LogP contribution is 1.95. The number of Topliss-reactive ketones (excluding diaryl/α,β-unsaturated/α-hetero) is 2. The fourth-order valence-electron chi connectivity index (χ4n) is 0.683. The molecule has 2 nitrogen and oxygen atoms in total. The molecule has 0 aromatic carbocycles. The van der Waals surface area contributed by atoms with Crippen LogP contribution in [0.1, 0.15) is 59.8 Å². The monoisotopic (exact) mass is 186 g/mol. The Bertz CT molecular complexity index is 131. The number of hydrogen-bond donors (Lipinski definition) is 0. The van der Waals surface area contributed by atoms with Gasteiger partial charge in [0.1, 0.15) is 11.6 Å². The number of rotatable bonds is 5. The molecule has 78 valence electrons. The predicted octanol–water partition coefficient (Wildman–Crippen LogP) is 3.14. The van der Waals surface area contributed by atoms with Gasteiger partial charge in [0.05, 0.1) is 0 Å². The predicted molar refractivity (Wildman–Crippen MR) is 55.8 cm³/mol. The molecular weight excluding hydrogens is 164 g/mol. The highest BCUT2D eigenvalue weighted by Gasteiger charge is 1.94. The first-order valence-corrected chi connectivity index (χ1v) is 5.09. The van der Waals surface area contributed by atoms with Crippen LogP contribution in [0.25, 0.3) is 0 Å². The van der Waals surface area contributed by atoms with Crippen LogP contribution in [0.2, 0.25) is 0 Å². The van der Waals surface area contributed by atoms with E-state index in [4.69, 9.17) is 0 Å². The van der Waals surface area contributed by atoms with Crippen LogP contribution in [0.3, 0.4) is 0 Å². The summed E-state index contributed by atoms with van der Waals surface area (Å²) in [5.74, 6) is 0.667. The van der Waals surface area contributed by atoms with E-state index >= 15 is 0 Å². The van der Waals surface area contributed by atoms with Crippen LogP contribution in [-0.4, -0.2) is 11.6 Å². The van der Waals surface area contributed by atoms with Crippen LogP contribution < -0.4 is 0 Å². The van der Waals surface area contributed by atoms with Gasteiger partial charge in [-0.05, 0) is 19.8 Å². The molecule has 0 aromatic rings. The molecule has 0 radical (unpaired) electrons. The summed E-state index contributed by atoms with van der Waals surface area (Å²) in [6.45, 7) is 7.50. The first-order valence-electron chi connectivity index (χ1n) is 5.09. The van der Waals surface area contributed by atoms with E-state index in [0.717, 1.165) is 25.7 Å². The fourth-order valence-corrected chi connectivity index (χ4v) is 0.683. The van der Waals surface area contributed by atoms with Crippen LogP contribution in [-0.2, 0) is 9.59 Å². The molecule has 0 unspecified atom stereocenters. The minimum Gasteiger partial charge on any atom is -0.300 e. The van der Waals surface area contributed by atoms with Gasteiger partial charge >= 0.3 is 0 Å². The Hall–Kier alpha value is -0.660. The third-order valence-corrected chi connectivity index (χ3v) is 1.56. The summed E-state index contributed by atoms with van der Waals surface area (Å²) >= 11 is 0. The van der Waals surface area contributed by atoms with Gasteiger partial charge in [-0.15, -0.1) is 0 Å². The summed E-state index contributed by atoms with van der Waals surface area (Å²) in [4.78, 5) is 20.5. The molecule has 0 fully saturated rings. The minimum absolute atomic E-state index is 0.255. The Morgan fingerprint density at radius 3 is 1.38 bits per heavy atom. The van der Waals surface area contributed by atoms with Gasteiger partial charge in [-0.3, -0.25) is 4.79 Å². The lowest BCUT2D eigenvalue weighted by atomic mass is 10.1. The number of carbonyl (C=O) groups excluding carboxylic acids is 2. The maximum atomic E-state index is 10.6. The second kappa shape index (κ2) is 11.3. The van der Waals surface area contributed by atoms with Gasteiger partial charge in [0.2, 0.25) is 0 Å². The van der Waals surface area contributed by atoms with E-state index in [-0.39, 0.29) is 5.78 Å². The normalized spacial score (nSPS) is 8.62. The van der Waals surface area contributed by atoms with Crippen LogP contribution in [0.4, 0.5) is 0 Å². The van der Waals surface area contributed by atoms with Crippen molar-refractivity contribution in [1.82, 2.24) is 0 Å². The highest BCUT2D eigenvalue weighted by molar-refractivity contribution is 5.78. The molecule has 2 heteroatoms. The van der Waals surface area contributed by atoms with E-state index in [2.05, 4.69) is 0 Å². The van der Waals surface area contributed by atoms with Crippen molar-refractivity contribution in [2.75, 3.05) is 0 Å². The summed E-state index contributed by atoms with van der Waals surface area (Å²) < 4.78 is 0. The van der Waals surface area contributed by atoms with Crippen molar-refractivity contribution in [3.05, 3.63) is 0 Å². The molecule has 0 aliphatic carbocycles. The van der Waals surface area contributed by atoms with Gasteiger partial charge in [0.15, 0.2) is 0 Å². The third-order valence-electron chi connectivity index (χ3n) is 1.56. The standard InChI is InChI=1S/C7H14O.C4H8O/c1-3-5-7(8)6-4-2;1-3-4(2)5/h3-6H2,1-2H3;3H2,1-2H3. The molecule has 0 heterocycles. The average molecular weight is 186 g/mol. The van der Waals surface area contributed by atoms with E-state index < -0.39 is 0 Å². The molecule has 0 aliphatic rings. The zero-order chi connectivity index (χ0) is 10.7. The van der Waals surface area contributed by atoms with E-state index in [1.54, 1.807) is 6.92 Å². The quantitative estimate of drug-likeness (QED) is 0.661. The minimum atomic E-state index is 0.255. The van der Waals surface area contributed by atoms with Crippen LogP contribution in [0, 0.1) is 0 Å². The average Bonchev–Trinajstić information content (AvgIpc) is 2.06. The lowest BCUT2D eigenvalue weighted by Gasteiger charge is -1.91. The molecule has 0 spiro atoms. The van der Waals surface area contributed by atoms with Gasteiger partial charge in [0.25, 0.3) is 0 Å². The fraction of sp³-hybridized carbons (Fsp3) is 0.818. The molecule has 0 saturated carbocycles. The second-order valence-corrected chi connectivity index (χ2v) is 3.09. The van der Waals surface area contributed by atoms with E-state index in [0.29, 0.717) is 12.2 Å². The Labute approximate surface area is 81.7 Å². The van der Waals surface area contributed by atoms with Crippen molar-refractivity contribution in [1.29, 1.82) is 0 Å². The molecule has 0 aromatic heterocycles. The highest BCUT2D eigenvalue weighted by atomic mass is 16.1. The molecule has 0 aliphatic heterocycles. The summed E-state index contributed by atoms with van der Waals surface area (Å²) in [7, 11) is 0. The van der Waals surface area contributed by atoms with E-state index in [1.807, 2.05) is 20.8 Å². The lowest BCUT2D eigenvalue weighted by Crippen LogP contribution is -1.93. The zero-order valence-corrected chi connectivity index (χ0v) is 9.35. The van der Waals surface area contributed by atoms with Crippen LogP contribution >= 0.6 is 0 Å². The maximum absolute atomic E-state index is 10.6. The number of carbonyl (C=O) groups is 2. The molecule has 0 amide bonds. The van der Waals surface area contributed by atoms with E-state index in [1.165, 1.54) is 0 Å². The van der Waals surface area contributed by atoms with Crippen LogP contribution in [0.15, 0.2) is 0 Å². The molecule has 0 saturated heterocycles.